The minimum atomic E-state index is -0.501. The Labute approximate surface area is 193 Å². The van der Waals surface area contributed by atoms with Crippen molar-refractivity contribution < 1.29 is 14.5 Å². The van der Waals surface area contributed by atoms with Gasteiger partial charge in [0.15, 0.2) is 0 Å². The number of nitro groups is 1. The normalized spacial score (nSPS) is 15.8. The molecule has 1 aliphatic rings. The van der Waals surface area contributed by atoms with Crippen LogP contribution >= 0.6 is 11.3 Å². The lowest BCUT2D eigenvalue weighted by Crippen LogP contribution is -2.24. The molecule has 0 aliphatic carbocycles. The standard InChI is InChI=1S/C23H21N5O4S/c1-2-15-7-10-18(11-8-15)27-14-17(13-21(27)30)22-25-26-23(33-22)24-20(29)12-9-16-5-3-4-6-19(16)28(31)32/h3-12,17H,2,13-14H2,1H3,(H,24,26,29)/b12-9+. The van der Waals surface area contributed by atoms with Gasteiger partial charge in [0.2, 0.25) is 16.9 Å². The number of amides is 2. The van der Waals surface area contributed by atoms with Crippen LogP contribution in [0.1, 0.15) is 35.4 Å². The van der Waals surface area contributed by atoms with Gasteiger partial charge in [0.25, 0.3) is 5.69 Å². The van der Waals surface area contributed by atoms with E-state index in [1.165, 1.54) is 35.1 Å². The molecule has 2 heterocycles. The second-order valence-corrected chi connectivity index (χ2v) is 8.52. The molecule has 33 heavy (non-hydrogen) atoms. The molecule has 2 aromatic carbocycles. The van der Waals surface area contributed by atoms with Crippen molar-refractivity contribution in [2.45, 2.75) is 25.7 Å². The second kappa shape index (κ2) is 9.70. The number of anilines is 2. The SMILES string of the molecule is CCc1ccc(N2CC(c3nnc(NC(=O)/C=C/c4ccccc4[N+](=O)[O-])s3)CC2=O)cc1. The summed E-state index contributed by atoms with van der Waals surface area (Å²) < 4.78 is 0. The molecule has 1 atom stereocenters. The second-order valence-electron chi connectivity index (χ2n) is 7.51. The van der Waals surface area contributed by atoms with Crippen LogP contribution < -0.4 is 10.2 Å². The van der Waals surface area contributed by atoms with Gasteiger partial charge in [-0.05, 0) is 36.3 Å². The fraction of sp³-hybridized carbons (Fsp3) is 0.217. The lowest BCUT2D eigenvalue weighted by atomic mass is 10.1. The van der Waals surface area contributed by atoms with E-state index in [9.17, 15) is 19.7 Å². The van der Waals surface area contributed by atoms with Crippen LogP contribution in [0.15, 0.2) is 54.6 Å². The van der Waals surface area contributed by atoms with Gasteiger partial charge in [-0.15, -0.1) is 10.2 Å². The third kappa shape index (κ3) is 5.12. The first-order chi connectivity index (χ1) is 15.9. The molecule has 1 aliphatic heterocycles. The van der Waals surface area contributed by atoms with Crippen molar-refractivity contribution in [1.29, 1.82) is 0 Å². The number of nitrogens with zero attached hydrogens (tertiary/aromatic N) is 4. The topological polar surface area (TPSA) is 118 Å². The molecule has 2 amide bonds. The van der Waals surface area contributed by atoms with Gasteiger partial charge in [-0.3, -0.25) is 25.0 Å². The number of nitro benzene ring substituents is 1. The third-order valence-corrected chi connectivity index (χ3v) is 6.35. The molecule has 3 aromatic rings. The Hall–Kier alpha value is -3.92. The zero-order valence-corrected chi connectivity index (χ0v) is 18.6. The third-order valence-electron chi connectivity index (χ3n) is 5.35. The molecule has 10 heteroatoms. The van der Waals surface area contributed by atoms with Crippen molar-refractivity contribution in [2.24, 2.45) is 0 Å². The lowest BCUT2D eigenvalue weighted by Gasteiger charge is -2.16. The van der Waals surface area contributed by atoms with Crippen molar-refractivity contribution in [3.05, 3.63) is 80.9 Å². The van der Waals surface area contributed by atoms with Crippen LogP contribution in [0.3, 0.4) is 0 Å². The predicted molar refractivity (Wildman–Crippen MR) is 126 cm³/mol. The van der Waals surface area contributed by atoms with Crippen LogP contribution in [0.4, 0.5) is 16.5 Å². The molecule has 4 rings (SSSR count). The van der Waals surface area contributed by atoms with Crippen LogP contribution in [0.25, 0.3) is 6.08 Å². The zero-order valence-electron chi connectivity index (χ0n) is 17.8. The van der Waals surface area contributed by atoms with E-state index >= 15 is 0 Å². The summed E-state index contributed by atoms with van der Waals surface area (Å²) in [5.74, 6) is -0.553. The van der Waals surface area contributed by atoms with Crippen molar-refractivity contribution in [1.82, 2.24) is 10.2 Å². The fourth-order valence-corrected chi connectivity index (χ4v) is 4.43. The highest BCUT2D eigenvalue weighted by Gasteiger charge is 2.34. The molecule has 1 unspecified atom stereocenters. The van der Waals surface area contributed by atoms with Crippen LogP contribution in [0.2, 0.25) is 0 Å². The number of aromatic nitrogens is 2. The maximum atomic E-state index is 12.5. The largest absolute Gasteiger partial charge is 0.312 e. The highest BCUT2D eigenvalue weighted by molar-refractivity contribution is 7.15. The van der Waals surface area contributed by atoms with E-state index in [1.54, 1.807) is 23.1 Å². The first kappa shape index (κ1) is 22.3. The van der Waals surface area contributed by atoms with Crippen LogP contribution in [-0.4, -0.2) is 33.5 Å². The van der Waals surface area contributed by atoms with Gasteiger partial charge in [-0.1, -0.05) is 42.5 Å². The van der Waals surface area contributed by atoms with E-state index in [1.807, 2.05) is 24.3 Å². The Morgan fingerprint density at radius 1 is 1.24 bits per heavy atom. The maximum Gasteiger partial charge on any atom is 0.276 e. The molecule has 1 fully saturated rings. The Morgan fingerprint density at radius 3 is 2.73 bits per heavy atom. The zero-order chi connectivity index (χ0) is 23.4. The number of nitrogens with one attached hydrogen (secondary N) is 1. The van der Waals surface area contributed by atoms with Gasteiger partial charge < -0.3 is 4.90 Å². The average Bonchev–Trinajstić information content (AvgIpc) is 3.44. The Bertz CT molecular complexity index is 1220. The van der Waals surface area contributed by atoms with E-state index in [-0.39, 0.29) is 17.5 Å². The molecular weight excluding hydrogens is 442 g/mol. The summed E-state index contributed by atoms with van der Waals surface area (Å²) in [5, 5.41) is 22.9. The van der Waals surface area contributed by atoms with E-state index in [2.05, 4.69) is 22.4 Å². The molecule has 0 saturated carbocycles. The molecule has 1 saturated heterocycles. The molecule has 0 spiro atoms. The van der Waals surface area contributed by atoms with Gasteiger partial charge >= 0.3 is 0 Å². The number of carbonyl (C=O) groups excluding carboxylic acids is 2. The lowest BCUT2D eigenvalue weighted by molar-refractivity contribution is -0.385. The summed E-state index contributed by atoms with van der Waals surface area (Å²) in [6.45, 7) is 2.59. The molecule has 1 N–H and O–H groups in total. The van der Waals surface area contributed by atoms with Crippen molar-refractivity contribution in [3.8, 4) is 0 Å². The molecule has 1 aromatic heterocycles. The maximum absolute atomic E-state index is 12.5. The highest BCUT2D eigenvalue weighted by Crippen LogP contribution is 2.34. The fourth-order valence-electron chi connectivity index (χ4n) is 3.59. The van der Waals surface area contributed by atoms with Gasteiger partial charge in [-0.25, -0.2) is 0 Å². The van der Waals surface area contributed by atoms with E-state index < -0.39 is 10.8 Å². The quantitative estimate of drug-likeness (QED) is 0.319. The number of para-hydroxylation sites is 1. The minimum Gasteiger partial charge on any atom is -0.312 e. The summed E-state index contributed by atoms with van der Waals surface area (Å²) in [6.07, 6.45) is 3.86. The van der Waals surface area contributed by atoms with Gasteiger partial charge in [0.1, 0.15) is 5.01 Å². The molecule has 0 radical (unpaired) electrons. The van der Waals surface area contributed by atoms with Gasteiger partial charge in [-0.2, -0.15) is 0 Å². The summed E-state index contributed by atoms with van der Waals surface area (Å²) in [7, 11) is 0. The Balaban J connectivity index is 1.39. The number of hydrogen-bond donors (Lipinski definition) is 1. The van der Waals surface area contributed by atoms with Gasteiger partial charge in [0, 0.05) is 36.7 Å². The highest BCUT2D eigenvalue weighted by atomic mass is 32.1. The number of aryl methyl sites for hydroxylation is 1. The summed E-state index contributed by atoms with van der Waals surface area (Å²) >= 11 is 1.22. The number of hydrogen-bond acceptors (Lipinski definition) is 7. The van der Waals surface area contributed by atoms with Gasteiger partial charge in [0.05, 0.1) is 10.5 Å². The minimum absolute atomic E-state index is 0.0254. The molecular formula is C23H21N5O4S. The van der Waals surface area contributed by atoms with Crippen LogP contribution in [0.5, 0.6) is 0 Å². The van der Waals surface area contributed by atoms with Crippen molar-refractivity contribution in [2.75, 3.05) is 16.8 Å². The van der Waals surface area contributed by atoms with Crippen molar-refractivity contribution in [3.63, 3.8) is 0 Å². The summed E-state index contributed by atoms with van der Waals surface area (Å²) in [5.41, 5.74) is 2.31. The molecule has 9 nitrogen and oxygen atoms in total. The average molecular weight is 464 g/mol. The Morgan fingerprint density at radius 2 is 2.00 bits per heavy atom. The van der Waals surface area contributed by atoms with Crippen LogP contribution in [0, 0.1) is 10.1 Å². The first-order valence-electron chi connectivity index (χ1n) is 10.4. The van der Waals surface area contributed by atoms with Crippen molar-refractivity contribution >= 4 is 45.7 Å². The number of rotatable bonds is 7. The van der Waals surface area contributed by atoms with E-state index in [0.29, 0.717) is 28.7 Å². The van der Waals surface area contributed by atoms with E-state index in [4.69, 9.17) is 0 Å². The summed E-state index contributed by atoms with van der Waals surface area (Å²) in [6, 6.07) is 14.1. The monoisotopic (exact) mass is 463 g/mol. The smallest absolute Gasteiger partial charge is 0.276 e. The Kier molecular flexibility index (Phi) is 6.55. The predicted octanol–water partition coefficient (Wildman–Crippen LogP) is 4.18. The first-order valence-corrected chi connectivity index (χ1v) is 11.2. The molecule has 0 bridgehead atoms. The summed E-state index contributed by atoms with van der Waals surface area (Å²) in [4.78, 5) is 37.1. The van der Waals surface area contributed by atoms with Crippen LogP contribution in [-0.2, 0) is 16.0 Å². The molecule has 168 valence electrons. The number of benzene rings is 2. The number of carbonyl (C=O) groups is 2. The van der Waals surface area contributed by atoms with E-state index in [0.717, 1.165) is 12.1 Å².